The summed E-state index contributed by atoms with van der Waals surface area (Å²) in [6.07, 6.45) is 2.52. The number of hydrogen-bond donors (Lipinski definition) is 1. The lowest BCUT2D eigenvalue weighted by atomic mass is 10.1. The van der Waals surface area contributed by atoms with Gasteiger partial charge in [-0.05, 0) is 49.6 Å². The molecule has 1 fully saturated rings. The third-order valence-electron chi connectivity index (χ3n) is 4.41. The van der Waals surface area contributed by atoms with E-state index in [1.165, 1.54) is 17.8 Å². The third kappa shape index (κ3) is 3.46. The zero-order valence-electron chi connectivity index (χ0n) is 13.8. The molecule has 0 atom stereocenters. The Labute approximate surface area is 155 Å². The van der Waals surface area contributed by atoms with Crippen LogP contribution in [0.3, 0.4) is 0 Å². The van der Waals surface area contributed by atoms with Gasteiger partial charge in [-0.3, -0.25) is 4.79 Å². The monoisotopic (exact) mass is 368 g/mol. The Morgan fingerprint density at radius 1 is 1.20 bits per heavy atom. The van der Waals surface area contributed by atoms with E-state index in [0.717, 1.165) is 22.5 Å². The van der Waals surface area contributed by atoms with Gasteiger partial charge in [0.2, 0.25) is 0 Å². The normalized spacial score (nSPS) is 13.7. The number of carbonyl (C=O) groups is 1. The average molecular weight is 369 g/mol. The van der Waals surface area contributed by atoms with Gasteiger partial charge in [0.05, 0.1) is 10.7 Å². The second kappa shape index (κ2) is 6.62. The molecule has 1 aliphatic rings. The molecule has 1 aliphatic carbocycles. The Bertz CT molecular complexity index is 929. The minimum Gasteiger partial charge on any atom is -0.322 e. The molecule has 3 nitrogen and oxygen atoms in total. The molecule has 1 saturated carbocycles. The Kier molecular flexibility index (Phi) is 4.32. The first-order chi connectivity index (χ1) is 12.1. The van der Waals surface area contributed by atoms with Crippen LogP contribution in [0.2, 0.25) is 5.02 Å². The highest BCUT2D eigenvalue weighted by atomic mass is 35.5. The van der Waals surface area contributed by atoms with Crippen molar-refractivity contribution in [2.24, 2.45) is 0 Å². The summed E-state index contributed by atoms with van der Waals surface area (Å²) in [6, 6.07) is 13.1. The number of nitrogens with one attached hydrogen (secondary N) is 1. The van der Waals surface area contributed by atoms with Crippen molar-refractivity contribution in [2.45, 2.75) is 25.7 Å². The van der Waals surface area contributed by atoms with Crippen LogP contribution in [-0.2, 0) is 0 Å². The standard InChI is InChI=1S/C20H17ClN2OS/c1-12-16(21)3-2-4-17(12)22-19(24)14-7-5-13(6-8-14)18-11-25-20(23-18)15-9-10-15/h2-8,11,15H,9-10H2,1H3,(H,22,24). The van der Waals surface area contributed by atoms with Gasteiger partial charge in [0.1, 0.15) is 0 Å². The maximum atomic E-state index is 12.5. The van der Waals surface area contributed by atoms with Crippen LogP contribution in [0.5, 0.6) is 0 Å². The molecule has 25 heavy (non-hydrogen) atoms. The summed E-state index contributed by atoms with van der Waals surface area (Å²) in [6.45, 7) is 1.89. The molecule has 1 aromatic heterocycles. The van der Waals surface area contributed by atoms with Crippen LogP contribution in [0.15, 0.2) is 47.8 Å². The van der Waals surface area contributed by atoms with Gasteiger partial charge >= 0.3 is 0 Å². The Balaban J connectivity index is 1.50. The second-order valence-electron chi connectivity index (χ2n) is 6.29. The number of benzene rings is 2. The lowest BCUT2D eigenvalue weighted by molar-refractivity contribution is 0.102. The number of amides is 1. The van der Waals surface area contributed by atoms with Gasteiger partial charge in [-0.25, -0.2) is 4.98 Å². The summed E-state index contributed by atoms with van der Waals surface area (Å²) in [5, 5.41) is 6.88. The minimum atomic E-state index is -0.145. The zero-order chi connectivity index (χ0) is 17.4. The number of hydrogen-bond acceptors (Lipinski definition) is 3. The molecular formula is C20H17ClN2OS. The molecule has 0 radical (unpaired) electrons. The largest absolute Gasteiger partial charge is 0.322 e. The molecule has 0 unspecified atom stereocenters. The van der Waals surface area contributed by atoms with Gasteiger partial charge in [-0.15, -0.1) is 11.3 Å². The second-order valence-corrected chi connectivity index (χ2v) is 7.59. The fourth-order valence-electron chi connectivity index (χ4n) is 2.67. The Morgan fingerprint density at radius 3 is 2.68 bits per heavy atom. The lowest BCUT2D eigenvalue weighted by Gasteiger charge is -2.09. The van der Waals surface area contributed by atoms with E-state index in [2.05, 4.69) is 10.7 Å². The molecule has 0 bridgehead atoms. The minimum absolute atomic E-state index is 0.145. The molecule has 3 aromatic rings. The third-order valence-corrected chi connectivity index (χ3v) is 5.82. The van der Waals surface area contributed by atoms with Crippen molar-refractivity contribution in [1.82, 2.24) is 4.98 Å². The van der Waals surface area contributed by atoms with Crippen LogP contribution < -0.4 is 5.32 Å². The SMILES string of the molecule is Cc1c(Cl)cccc1NC(=O)c1ccc(-c2csc(C3CC3)n2)cc1. The van der Waals surface area contributed by atoms with E-state index in [9.17, 15) is 4.79 Å². The van der Waals surface area contributed by atoms with Crippen molar-refractivity contribution >= 4 is 34.5 Å². The molecule has 0 saturated heterocycles. The van der Waals surface area contributed by atoms with E-state index in [-0.39, 0.29) is 5.91 Å². The molecular weight excluding hydrogens is 352 g/mol. The van der Waals surface area contributed by atoms with Crippen molar-refractivity contribution in [3.05, 3.63) is 69.0 Å². The predicted molar refractivity (Wildman–Crippen MR) is 104 cm³/mol. The molecule has 1 heterocycles. The number of halogens is 1. The highest BCUT2D eigenvalue weighted by molar-refractivity contribution is 7.10. The van der Waals surface area contributed by atoms with Gasteiger partial charge in [0.25, 0.3) is 5.91 Å². The van der Waals surface area contributed by atoms with Crippen LogP contribution >= 0.6 is 22.9 Å². The van der Waals surface area contributed by atoms with Crippen LogP contribution in [0.4, 0.5) is 5.69 Å². The van der Waals surface area contributed by atoms with Gasteiger partial charge in [0, 0.05) is 33.1 Å². The fraction of sp³-hybridized carbons (Fsp3) is 0.200. The van der Waals surface area contributed by atoms with Crippen molar-refractivity contribution < 1.29 is 4.79 Å². The van der Waals surface area contributed by atoms with E-state index >= 15 is 0 Å². The summed E-state index contributed by atoms with van der Waals surface area (Å²) in [7, 11) is 0. The summed E-state index contributed by atoms with van der Waals surface area (Å²) in [5.74, 6) is 0.526. The van der Waals surface area contributed by atoms with E-state index in [4.69, 9.17) is 16.6 Å². The first-order valence-corrected chi connectivity index (χ1v) is 9.50. The van der Waals surface area contributed by atoms with E-state index in [0.29, 0.717) is 16.5 Å². The highest BCUT2D eigenvalue weighted by Gasteiger charge is 2.26. The zero-order valence-corrected chi connectivity index (χ0v) is 15.3. The van der Waals surface area contributed by atoms with E-state index in [1.807, 2.05) is 49.4 Å². The van der Waals surface area contributed by atoms with Gasteiger partial charge < -0.3 is 5.32 Å². The summed E-state index contributed by atoms with van der Waals surface area (Å²) in [5.41, 5.74) is 4.24. The number of nitrogens with zero attached hydrogens (tertiary/aromatic N) is 1. The average Bonchev–Trinajstić information content (AvgIpc) is 3.36. The molecule has 1 N–H and O–H groups in total. The van der Waals surface area contributed by atoms with E-state index in [1.54, 1.807) is 11.3 Å². The number of rotatable bonds is 4. The topological polar surface area (TPSA) is 42.0 Å². The highest BCUT2D eigenvalue weighted by Crippen LogP contribution is 2.42. The van der Waals surface area contributed by atoms with Crippen molar-refractivity contribution in [1.29, 1.82) is 0 Å². The van der Waals surface area contributed by atoms with Crippen LogP contribution in [0.1, 0.15) is 39.7 Å². The van der Waals surface area contributed by atoms with Crippen LogP contribution in [-0.4, -0.2) is 10.9 Å². The number of thiazole rings is 1. The lowest BCUT2D eigenvalue weighted by Crippen LogP contribution is -2.12. The van der Waals surface area contributed by atoms with Crippen LogP contribution in [0.25, 0.3) is 11.3 Å². The fourth-order valence-corrected chi connectivity index (χ4v) is 3.84. The number of aromatic nitrogens is 1. The predicted octanol–water partition coefficient (Wildman–Crippen LogP) is 5.90. The smallest absolute Gasteiger partial charge is 0.255 e. The van der Waals surface area contributed by atoms with Gasteiger partial charge in [-0.2, -0.15) is 0 Å². The van der Waals surface area contributed by atoms with Crippen molar-refractivity contribution in [3.63, 3.8) is 0 Å². The Morgan fingerprint density at radius 2 is 1.96 bits per heavy atom. The van der Waals surface area contributed by atoms with Gasteiger partial charge in [-0.1, -0.05) is 29.8 Å². The first-order valence-electron chi connectivity index (χ1n) is 8.24. The van der Waals surface area contributed by atoms with Crippen LogP contribution in [0, 0.1) is 6.92 Å². The number of carbonyl (C=O) groups excluding carboxylic acids is 1. The van der Waals surface area contributed by atoms with Crippen molar-refractivity contribution in [2.75, 3.05) is 5.32 Å². The quantitative estimate of drug-likeness (QED) is 0.622. The Hall–Kier alpha value is -2.17. The molecule has 1 amide bonds. The molecule has 4 rings (SSSR count). The molecule has 126 valence electrons. The first kappa shape index (κ1) is 16.3. The maximum Gasteiger partial charge on any atom is 0.255 e. The van der Waals surface area contributed by atoms with Gasteiger partial charge in [0.15, 0.2) is 0 Å². The number of anilines is 1. The van der Waals surface area contributed by atoms with Crippen molar-refractivity contribution in [3.8, 4) is 11.3 Å². The summed E-state index contributed by atoms with van der Waals surface area (Å²) in [4.78, 5) is 17.2. The van der Waals surface area contributed by atoms with E-state index < -0.39 is 0 Å². The summed E-state index contributed by atoms with van der Waals surface area (Å²) < 4.78 is 0. The molecule has 0 aliphatic heterocycles. The molecule has 2 aromatic carbocycles. The molecule has 5 heteroatoms. The maximum absolute atomic E-state index is 12.5. The molecule has 0 spiro atoms. The summed E-state index contributed by atoms with van der Waals surface area (Å²) >= 11 is 7.83.